The van der Waals surface area contributed by atoms with Crippen LogP contribution in [-0.2, 0) is 6.61 Å². The van der Waals surface area contributed by atoms with Crippen molar-refractivity contribution in [3.63, 3.8) is 0 Å². The highest BCUT2D eigenvalue weighted by atomic mass is 16.5. The summed E-state index contributed by atoms with van der Waals surface area (Å²) in [7, 11) is 1.62. The fourth-order valence-corrected chi connectivity index (χ4v) is 3.10. The van der Waals surface area contributed by atoms with Crippen molar-refractivity contribution in [2.75, 3.05) is 12.8 Å². The summed E-state index contributed by atoms with van der Waals surface area (Å²) in [5.41, 5.74) is 8.49. The molecule has 0 saturated carbocycles. The van der Waals surface area contributed by atoms with Gasteiger partial charge in [0.25, 0.3) is 0 Å². The number of hydrogen-bond donors (Lipinski definition) is 1. The molecular weight excluding hydrogens is 368 g/mol. The van der Waals surface area contributed by atoms with Crippen LogP contribution < -0.4 is 20.9 Å². The van der Waals surface area contributed by atoms with Gasteiger partial charge in [-0.1, -0.05) is 30.3 Å². The number of anilines is 1. The molecular formula is C22H20N4O3. The van der Waals surface area contributed by atoms with Gasteiger partial charge in [-0.3, -0.25) is 0 Å². The Morgan fingerprint density at radius 3 is 2.48 bits per heavy atom. The zero-order valence-corrected chi connectivity index (χ0v) is 16.1. The number of nitrogens with two attached hydrogens (primary N) is 1. The molecule has 4 rings (SSSR count). The molecule has 0 radical (unpaired) electrons. The lowest BCUT2D eigenvalue weighted by molar-refractivity contribution is 0.294. The minimum absolute atomic E-state index is 0.143. The molecule has 4 aromatic rings. The maximum atomic E-state index is 12.6. The van der Waals surface area contributed by atoms with Crippen LogP contribution in [0.1, 0.15) is 11.1 Å². The van der Waals surface area contributed by atoms with Crippen molar-refractivity contribution in [3.8, 4) is 17.3 Å². The summed E-state index contributed by atoms with van der Waals surface area (Å²) >= 11 is 0. The largest absolute Gasteiger partial charge is 0.497 e. The molecule has 0 spiro atoms. The molecule has 7 heteroatoms. The summed E-state index contributed by atoms with van der Waals surface area (Å²) in [6.07, 6.45) is 0. The Morgan fingerprint density at radius 1 is 1.00 bits per heavy atom. The zero-order valence-electron chi connectivity index (χ0n) is 16.1. The van der Waals surface area contributed by atoms with Gasteiger partial charge >= 0.3 is 5.69 Å². The molecule has 2 aromatic carbocycles. The lowest BCUT2D eigenvalue weighted by Crippen LogP contribution is -2.24. The Labute approximate surface area is 167 Å². The third-order valence-electron chi connectivity index (χ3n) is 4.65. The molecule has 0 fully saturated rings. The fourth-order valence-electron chi connectivity index (χ4n) is 3.10. The summed E-state index contributed by atoms with van der Waals surface area (Å²) in [5, 5.41) is 0.588. The van der Waals surface area contributed by atoms with Crippen LogP contribution in [0.2, 0.25) is 0 Å². The number of benzene rings is 2. The predicted molar refractivity (Wildman–Crippen MR) is 112 cm³/mol. The lowest BCUT2D eigenvalue weighted by Gasteiger charge is -2.13. The number of fused-ring (bicyclic) bond motifs is 1. The quantitative estimate of drug-likeness (QED) is 0.564. The normalized spacial score (nSPS) is 10.8. The molecule has 0 aliphatic carbocycles. The number of ether oxygens (including phenoxy) is 2. The van der Waals surface area contributed by atoms with E-state index in [1.807, 2.05) is 55.5 Å². The molecule has 0 saturated heterocycles. The van der Waals surface area contributed by atoms with Crippen LogP contribution in [0.15, 0.2) is 65.5 Å². The monoisotopic (exact) mass is 388 g/mol. The van der Waals surface area contributed by atoms with E-state index in [1.54, 1.807) is 19.2 Å². The first-order chi connectivity index (χ1) is 14.1. The highest BCUT2D eigenvalue weighted by Gasteiger charge is 2.14. The topological polar surface area (TPSA) is 92.3 Å². The molecule has 0 atom stereocenters. The van der Waals surface area contributed by atoms with Gasteiger partial charge < -0.3 is 15.2 Å². The van der Waals surface area contributed by atoms with Crippen LogP contribution in [0.5, 0.6) is 11.6 Å². The molecule has 2 aromatic heterocycles. The van der Waals surface area contributed by atoms with E-state index >= 15 is 0 Å². The highest BCUT2D eigenvalue weighted by molar-refractivity contribution is 5.86. The summed E-state index contributed by atoms with van der Waals surface area (Å²) in [6.45, 7) is 2.26. The Hall–Kier alpha value is -3.87. The van der Waals surface area contributed by atoms with Crippen LogP contribution in [0.4, 0.5) is 5.82 Å². The molecule has 146 valence electrons. The second kappa shape index (κ2) is 7.63. The Kier molecular flexibility index (Phi) is 4.87. The van der Waals surface area contributed by atoms with Gasteiger partial charge in [0.2, 0.25) is 5.88 Å². The molecule has 2 heterocycles. The van der Waals surface area contributed by atoms with E-state index < -0.39 is 5.69 Å². The third-order valence-corrected chi connectivity index (χ3v) is 4.65. The third kappa shape index (κ3) is 3.62. The molecule has 7 nitrogen and oxygen atoms in total. The van der Waals surface area contributed by atoms with Crippen molar-refractivity contribution in [3.05, 3.63) is 82.3 Å². The average Bonchev–Trinajstić information content (AvgIpc) is 2.73. The van der Waals surface area contributed by atoms with Crippen LogP contribution in [0.3, 0.4) is 0 Å². The standard InChI is InChI=1S/C22H20N4O3/c1-14-5-3-4-6-18(14)26-21-17(20(23)25-22(26)27)11-12-19(24-21)29-13-15-7-9-16(28-2)10-8-15/h3-12H,13H2,1-2H3,(H2,23,25,27). The van der Waals surface area contributed by atoms with Crippen molar-refractivity contribution < 1.29 is 9.47 Å². The Balaban J connectivity index is 1.75. The van der Waals surface area contributed by atoms with Crippen molar-refractivity contribution in [2.24, 2.45) is 0 Å². The number of aromatic nitrogens is 3. The second-order valence-electron chi connectivity index (χ2n) is 6.56. The van der Waals surface area contributed by atoms with Gasteiger partial charge in [-0.2, -0.15) is 9.97 Å². The van der Waals surface area contributed by atoms with Gasteiger partial charge in [-0.05, 0) is 42.3 Å². The van der Waals surface area contributed by atoms with E-state index in [4.69, 9.17) is 15.2 Å². The van der Waals surface area contributed by atoms with E-state index in [0.29, 0.717) is 29.2 Å². The van der Waals surface area contributed by atoms with E-state index in [2.05, 4.69) is 9.97 Å². The zero-order chi connectivity index (χ0) is 20.4. The van der Waals surface area contributed by atoms with Crippen LogP contribution in [0, 0.1) is 6.92 Å². The smallest absolute Gasteiger partial charge is 0.355 e. The number of para-hydroxylation sites is 1. The number of methoxy groups -OCH3 is 1. The van der Waals surface area contributed by atoms with Gasteiger partial charge in [0.05, 0.1) is 18.2 Å². The van der Waals surface area contributed by atoms with Crippen LogP contribution in [-0.4, -0.2) is 21.6 Å². The highest BCUT2D eigenvalue weighted by Crippen LogP contribution is 2.23. The summed E-state index contributed by atoms with van der Waals surface area (Å²) in [4.78, 5) is 21.1. The SMILES string of the molecule is COc1ccc(COc2ccc3c(N)nc(=O)n(-c4ccccc4C)c3n2)cc1. The first-order valence-electron chi connectivity index (χ1n) is 9.08. The van der Waals surface area contributed by atoms with Crippen LogP contribution in [0.25, 0.3) is 16.7 Å². The van der Waals surface area contributed by atoms with Crippen molar-refractivity contribution in [1.29, 1.82) is 0 Å². The molecule has 29 heavy (non-hydrogen) atoms. The number of rotatable bonds is 5. The van der Waals surface area contributed by atoms with Gasteiger partial charge in [0, 0.05) is 6.07 Å². The summed E-state index contributed by atoms with van der Waals surface area (Å²) in [6, 6.07) is 18.6. The predicted octanol–water partition coefficient (Wildman–Crippen LogP) is 3.26. The van der Waals surface area contributed by atoms with E-state index in [-0.39, 0.29) is 5.82 Å². The van der Waals surface area contributed by atoms with E-state index in [0.717, 1.165) is 16.9 Å². The summed E-state index contributed by atoms with van der Waals surface area (Å²) in [5.74, 6) is 1.31. The maximum absolute atomic E-state index is 12.6. The van der Waals surface area contributed by atoms with Crippen LogP contribution >= 0.6 is 0 Å². The first-order valence-corrected chi connectivity index (χ1v) is 9.08. The number of nitrogens with zero attached hydrogens (tertiary/aromatic N) is 3. The first kappa shape index (κ1) is 18.5. The number of pyridine rings is 1. The van der Waals surface area contributed by atoms with Crippen molar-refractivity contribution in [2.45, 2.75) is 13.5 Å². The maximum Gasteiger partial charge on any atom is 0.355 e. The second-order valence-corrected chi connectivity index (χ2v) is 6.56. The van der Waals surface area contributed by atoms with Crippen molar-refractivity contribution >= 4 is 16.9 Å². The lowest BCUT2D eigenvalue weighted by atomic mass is 10.2. The molecule has 0 aliphatic heterocycles. The fraction of sp³-hybridized carbons (Fsp3) is 0.136. The van der Waals surface area contributed by atoms with E-state index in [1.165, 1.54) is 4.57 Å². The van der Waals surface area contributed by atoms with Gasteiger partial charge in [-0.15, -0.1) is 0 Å². The molecule has 0 bridgehead atoms. The van der Waals surface area contributed by atoms with Gasteiger partial charge in [0.1, 0.15) is 18.2 Å². The summed E-state index contributed by atoms with van der Waals surface area (Å²) < 4.78 is 12.5. The minimum Gasteiger partial charge on any atom is -0.497 e. The molecule has 0 aliphatic rings. The van der Waals surface area contributed by atoms with Gasteiger partial charge in [-0.25, -0.2) is 9.36 Å². The van der Waals surface area contributed by atoms with E-state index in [9.17, 15) is 4.79 Å². The number of hydrogen-bond acceptors (Lipinski definition) is 6. The Morgan fingerprint density at radius 2 is 1.76 bits per heavy atom. The number of aryl methyl sites for hydroxylation is 1. The van der Waals surface area contributed by atoms with Gasteiger partial charge in [0.15, 0.2) is 5.65 Å². The molecule has 0 amide bonds. The average molecular weight is 388 g/mol. The Bertz CT molecular complexity index is 1230. The molecule has 0 unspecified atom stereocenters. The number of nitrogen functional groups attached to an aromatic ring is 1. The minimum atomic E-state index is -0.482. The van der Waals surface area contributed by atoms with Crippen molar-refractivity contribution in [1.82, 2.24) is 14.5 Å². The molecule has 2 N–H and O–H groups in total.